The van der Waals surface area contributed by atoms with Crippen molar-refractivity contribution in [1.29, 1.82) is 0 Å². The third kappa shape index (κ3) is 4.57. The van der Waals surface area contributed by atoms with Crippen LogP contribution in [0.1, 0.15) is 43.5 Å². The van der Waals surface area contributed by atoms with E-state index in [1.165, 1.54) is 0 Å². The minimum absolute atomic E-state index is 0.0541. The summed E-state index contributed by atoms with van der Waals surface area (Å²) in [4.78, 5) is 23.3. The molecule has 3 N–H and O–H groups in total. The number of hydrogen-bond donors (Lipinski definition) is 2. The molecule has 0 heterocycles. The van der Waals surface area contributed by atoms with Crippen LogP contribution >= 0.6 is 0 Å². The van der Waals surface area contributed by atoms with Gasteiger partial charge in [0.15, 0.2) is 5.78 Å². The summed E-state index contributed by atoms with van der Waals surface area (Å²) >= 11 is 0. The fraction of sp³-hybridized carbons (Fsp3) is 0.429. The van der Waals surface area contributed by atoms with E-state index in [0.29, 0.717) is 11.3 Å². The molecule has 0 saturated carbocycles. The Bertz CT molecular complexity index is 430. The molecule has 1 rings (SSSR count). The van der Waals surface area contributed by atoms with Crippen LogP contribution in [0, 0.1) is 0 Å². The van der Waals surface area contributed by atoms with Gasteiger partial charge in [0.1, 0.15) is 0 Å². The number of benzene rings is 1. The van der Waals surface area contributed by atoms with Gasteiger partial charge in [0, 0.05) is 30.1 Å². The summed E-state index contributed by atoms with van der Waals surface area (Å²) in [5.41, 5.74) is 6.73. The van der Waals surface area contributed by atoms with Crippen LogP contribution in [0.2, 0.25) is 0 Å². The summed E-state index contributed by atoms with van der Waals surface area (Å²) in [6.07, 6.45) is 1.32. The van der Waals surface area contributed by atoms with E-state index < -0.39 is 0 Å². The van der Waals surface area contributed by atoms with Crippen LogP contribution in [0.15, 0.2) is 24.3 Å². The summed E-state index contributed by atoms with van der Waals surface area (Å²) in [7, 11) is 0. The number of ketones is 1. The quantitative estimate of drug-likeness (QED) is 0.598. The van der Waals surface area contributed by atoms with Crippen LogP contribution in [0.5, 0.6) is 0 Å². The number of amides is 1. The molecule has 1 unspecified atom stereocenters. The lowest BCUT2D eigenvalue weighted by atomic mass is 10.1. The second kappa shape index (κ2) is 6.79. The Morgan fingerprint density at radius 1 is 1.33 bits per heavy atom. The first-order chi connectivity index (χ1) is 8.52. The number of nitrogens with one attached hydrogen (secondary N) is 1. The molecule has 0 bridgehead atoms. The van der Waals surface area contributed by atoms with Crippen molar-refractivity contribution in [3.8, 4) is 0 Å². The molecule has 0 saturated heterocycles. The van der Waals surface area contributed by atoms with Gasteiger partial charge in [-0.25, -0.2) is 0 Å². The van der Waals surface area contributed by atoms with E-state index in [9.17, 15) is 9.59 Å². The predicted octanol–water partition coefficient (Wildman–Crippen LogP) is 2.15. The van der Waals surface area contributed by atoms with Crippen molar-refractivity contribution in [2.45, 2.75) is 39.2 Å². The zero-order chi connectivity index (χ0) is 13.5. The van der Waals surface area contributed by atoms with Crippen molar-refractivity contribution in [2.24, 2.45) is 0 Å². The molecule has 0 aliphatic heterocycles. The Morgan fingerprint density at radius 2 is 2.06 bits per heavy atom. The van der Waals surface area contributed by atoms with Crippen molar-refractivity contribution >= 4 is 17.4 Å². The van der Waals surface area contributed by atoms with Gasteiger partial charge in [-0.1, -0.05) is 19.1 Å². The molecule has 1 amide bonds. The Kier molecular flexibility index (Phi) is 5.36. The maximum atomic E-state index is 11.8. The molecule has 0 aliphatic rings. The smallest absolute Gasteiger partial charge is 0.220 e. The van der Waals surface area contributed by atoms with Crippen LogP contribution < -0.4 is 11.1 Å². The van der Waals surface area contributed by atoms with E-state index >= 15 is 0 Å². The lowest BCUT2D eigenvalue weighted by molar-refractivity contribution is -0.121. The number of carbonyl (C=O) groups excluding carboxylic acids is 2. The topological polar surface area (TPSA) is 72.2 Å². The van der Waals surface area contributed by atoms with E-state index in [0.717, 1.165) is 6.42 Å². The highest BCUT2D eigenvalue weighted by molar-refractivity contribution is 5.98. The van der Waals surface area contributed by atoms with Crippen molar-refractivity contribution in [3.63, 3.8) is 0 Å². The second-order valence-electron chi connectivity index (χ2n) is 4.43. The highest BCUT2D eigenvalue weighted by Gasteiger charge is 2.10. The minimum Gasteiger partial charge on any atom is -0.399 e. The number of Topliss-reactive ketones (excluding diaryl/α,β-unsaturated/α-hetero) is 1. The number of rotatable bonds is 6. The fourth-order valence-corrected chi connectivity index (χ4v) is 1.53. The van der Waals surface area contributed by atoms with Crippen molar-refractivity contribution in [1.82, 2.24) is 5.32 Å². The van der Waals surface area contributed by atoms with Crippen LogP contribution in [0.25, 0.3) is 0 Å². The van der Waals surface area contributed by atoms with E-state index in [1.807, 2.05) is 13.8 Å². The van der Waals surface area contributed by atoms with Gasteiger partial charge < -0.3 is 11.1 Å². The van der Waals surface area contributed by atoms with Crippen molar-refractivity contribution < 1.29 is 9.59 Å². The van der Waals surface area contributed by atoms with E-state index in [-0.39, 0.29) is 30.6 Å². The standard InChI is InChI=1S/C14H20N2O2/c1-3-10(2)16-14(18)8-7-13(17)11-5-4-6-12(15)9-11/h4-6,9-10H,3,7-8,15H2,1-2H3,(H,16,18). The van der Waals surface area contributed by atoms with Gasteiger partial charge in [-0.2, -0.15) is 0 Å². The van der Waals surface area contributed by atoms with Crippen LogP contribution in [-0.4, -0.2) is 17.7 Å². The number of carbonyl (C=O) groups is 2. The van der Waals surface area contributed by atoms with Gasteiger partial charge in [-0.15, -0.1) is 0 Å². The summed E-state index contributed by atoms with van der Waals surface area (Å²) in [5, 5.41) is 2.83. The Labute approximate surface area is 108 Å². The summed E-state index contributed by atoms with van der Waals surface area (Å²) in [6, 6.07) is 6.97. The van der Waals surface area contributed by atoms with Crippen molar-refractivity contribution in [2.75, 3.05) is 5.73 Å². The van der Waals surface area contributed by atoms with Gasteiger partial charge in [0.25, 0.3) is 0 Å². The van der Waals surface area contributed by atoms with Crippen LogP contribution in [-0.2, 0) is 4.79 Å². The fourth-order valence-electron chi connectivity index (χ4n) is 1.53. The molecule has 98 valence electrons. The van der Waals surface area contributed by atoms with Crippen LogP contribution in [0.3, 0.4) is 0 Å². The SMILES string of the molecule is CCC(C)NC(=O)CCC(=O)c1cccc(N)c1. The predicted molar refractivity (Wildman–Crippen MR) is 72.3 cm³/mol. The third-order valence-corrected chi connectivity index (χ3v) is 2.81. The minimum atomic E-state index is -0.0818. The van der Waals surface area contributed by atoms with Gasteiger partial charge in [0.2, 0.25) is 5.91 Å². The lowest BCUT2D eigenvalue weighted by Crippen LogP contribution is -2.32. The number of nitrogen functional groups attached to an aromatic ring is 1. The highest BCUT2D eigenvalue weighted by atomic mass is 16.2. The molecule has 0 fully saturated rings. The molecule has 1 aromatic carbocycles. The molecule has 18 heavy (non-hydrogen) atoms. The molecule has 0 radical (unpaired) electrons. The number of hydrogen-bond acceptors (Lipinski definition) is 3. The lowest BCUT2D eigenvalue weighted by Gasteiger charge is -2.10. The zero-order valence-corrected chi connectivity index (χ0v) is 10.9. The van der Waals surface area contributed by atoms with Gasteiger partial charge >= 0.3 is 0 Å². The Balaban J connectivity index is 2.44. The number of nitrogens with two attached hydrogens (primary N) is 1. The van der Waals surface area contributed by atoms with Gasteiger partial charge in [0.05, 0.1) is 0 Å². The Morgan fingerprint density at radius 3 is 2.67 bits per heavy atom. The molecule has 4 nitrogen and oxygen atoms in total. The largest absolute Gasteiger partial charge is 0.399 e. The summed E-state index contributed by atoms with van der Waals surface area (Å²) in [6.45, 7) is 3.94. The van der Waals surface area contributed by atoms with E-state index in [2.05, 4.69) is 5.32 Å². The maximum Gasteiger partial charge on any atom is 0.220 e. The molecular formula is C14H20N2O2. The number of anilines is 1. The molecule has 4 heteroatoms. The van der Waals surface area contributed by atoms with E-state index in [1.54, 1.807) is 24.3 Å². The third-order valence-electron chi connectivity index (χ3n) is 2.81. The average molecular weight is 248 g/mol. The van der Waals surface area contributed by atoms with Gasteiger partial charge in [-0.3, -0.25) is 9.59 Å². The molecule has 1 atom stereocenters. The molecule has 0 aliphatic carbocycles. The van der Waals surface area contributed by atoms with Crippen LogP contribution in [0.4, 0.5) is 5.69 Å². The monoisotopic (exact) mass is 248 g/mol. The maximum absolute atomic E-state index is 11.8. The first-order valence-corrected chi connectivity index (χ1v) is 6.21. The van der Waals surface area contributed by atoms with Crippen molar-refractivity contribution in [3.05, 3.63) is 29.8 Å². The molecule has 0 aromatic heterocycles. The van der Waals surface area contributed by atoms with Gasteiger partial charge in [-0.05, 0) is 25.5 Å². The summed E-state index contributed by atoms with van der Waals surface area (Å²) in [5.74, 6) is -0.136. The first kappa shape index (κ1) is 14.2. The normalized spacial score (nSPS) is 11.9. The van der Waals surface area contributed by atoms with E-state index in [4.69, 9.17) is 5.73 Å². The summed E-state index contributed by atoms with van der Waals surface area (Å²) < 4.78 is 0. The molecular weight excluding hydrogens is 228 g/mol. The average Bonchev–Trinajstić information content (AvgIpc) is 2.35. The first-order valence-electron chi connectivity index (χ1n) is 6.21. The highest BCUT2D eigenvalue weighted by Crippen LogP contribution is 2.10. The second-order valence-corrected chi connectivity index (χ2v) is 4.43. The molecule has 0 spiro atoms. The zero-order valence-electron chi connectivity index (χ0n) is 10.9. The Hall–Kier alpha value is -1.84. The molecule has 1 aromatic rings.